The van der Waals surface area contributed by atoms with Crippen LogP contribution in [0.3, 0.4) is 0 Å². The number of aromatic nitrogens is 5. The summed E-state index contributed by atoms with van der Waals surface area (Å²) < 4.78 is 0. The highest BCUT2D eigenvalue weighted by Crippen LogP contribution is 2.28. The lowest BCUT2D eigenvalue weighted by Gasteiger charge is -2.02. The van der Waals surface area contributed by atoms with E-state index in [4.69, 9.17) is 0 Å². The standard InChI is InChI=1S/C18H15N5/c1-2-13-6-3-7-15(21-13)18-14-9-16(12-5-4-8-19-10-12)20-11-17(14)22-23-18/h3-11H,2H2,1H3,(H,22,23). The Bertz CT molecular complexity index is 959. The summed E-state index contributed by atoms with van der Waals surface area (Å²) in [5, 5.41) is 8.48. The molecule has 112 valence electrons. The van der Waals surface area contributed by atoms with Crippen molar-refractivity contribution in [3.63, 3.8) is 0 Å². The molecule has 0 aromatic carbocycles. The summed E-state index contributed by atoms with van der Waals surface area (Å²) in [6.45, 7) is 2.10. The number of pyridine rings is 3. The van der Waals surface area contributed by atoms with E-state index in [9.17, 15) is 0 Å². The zero-order valence-corrected chi connectivity index (χ0v) is 12.7. The largest absolute Gasteiger partial charge is 0.276 e. The van der Waals surface area contributed by atoms with Gasteiger partial charge in [-0.3, -0.25) is 20.1 Å². The number of hydrogen-bond donors (Lipinski definition) is 1. The summed E-state index contributed by atoms with van der Waals surface area (Å²) in [6.07, 6.45) is 6.27. The Morgan fingerprint density at radius 1 is 1.04 bits per heavy atom. The van der Waals surface area contributed by atoms with E-state index in [2.05, 4.69) is 32.1 Å². The number of rotatable bonds is 3. The smallest absolute Gasteiger partial charge is 0.118 e. The number of aryl methyl sites for hydroxylation is 1. The van der Waals surface area contributed by atoms with Gasteiger partial charge in [-0.15, -0.1) is 0 Å². The third kappa shape index (κ3) is 2.46. The molecule has 0 unspecified atom stereocenters. The van der Waals surface area contributed by atoms with E-state index < -0.39 is 0 Å². The van der Waals surface area contributed by atoms with E-state index in [0.717, 1.165) is 45.7 Å². The molecule has 4 aromatic heterocycles. The number of nitrogens with one attached hydrogen (secondary N) is 1. The topological polar surface area (TPSA) is 67.3 Å². The van der Waals surface area contributed by atoms with Gasteiger partial charge in [-0.25, -0.2) is 0 Å². The Hall–Kier alpha value is -3.08. The van der Waals surface area contributed by atoms with Crippen LogP contribution in [0.15, 0.2) is 55.0 Å². The molecule has 0 atom stereocenters. The number of H-pyrrole nitrogens is 1. The molecule has 0 aliphatic carbocycles. The first-order valence-electron chi connectivity index (χ1n) is 7.56. The molecule has 0 amide bonds. The van der Waals surface area contributed by atoms with Gasteiger partial charge in [0.2, 0.25) is 0 Å². The van der Waals surface area contributed by atoms with Crippen LogP contribution in [-0.2, 0) is 6.42 Å². The molecule has 0 aliphatic rings. The molecule has 4 aromatic rings. The normalized spacial score (nSPS) is 11.0. The maximum absolute atomic E-state index is 4.67. The Morgan fingerprint density at radius 3 is 2.83 bits per heavy atom. The molecule has 0 fully saturated rings. The monoisotopic (exact) mass is 301 g/mol. The average molecular weight is 301 g/mol. The van der Waals surface area contributed by atoms with E-state index in [1.165, 1.54) is 0 Å². The van der Waals surface area contributed by atoms with E-state index in [1.807, 2.05) is 42.6 Å². The maximum Gasteiger partial charge on any atom is 0.118 e. The fourth-order valence-corrected chi connectivity index (χ4v) is 2.59. The second-order valence-electron chi connectivity index (χ2n) is 5.30. The number of hydrogen-bond acceptors (Lipinski definition) is 4. The summed E-state index contributed by atoms with van der Waals surface area (Å²) >= 11 is 0. The number of aromatic amines is 1. The predicted molar refractivity (Wildman–Crippen MR) is 89.7 cm³/mol. The van der Waals surface area contributed by atoms with Crippen molar-refractivity contribution in [2.75, 3.05) is 0 Å². The van der Waals surface area contributed by atoms with Crippen molar-refractivity contribution in [1.82, 2.24) is 25.1 Å². The van der Waals surface area contributed by atoms with Gasteiger partial charge in [-0.2, -0.15) is 5.10 Å². The minimum absolute atomic E-state index is 0.850. The van der Waals surface area contributed by atoms with E-state index in [1.54, 1.807) is 12.4 Å². The lowest BCUT2D eigenvalue weighted by Crippen LogP contribution is -1.90. The SMILES string of the molecule is CCc1cccc(-c2n[nH]c3cnc(-c4cccnc4)cc23)n1. The first-order chi connectivity index (χ1) is 11.3. The van der Waals surface area contributed by atoms with Crippen LogP contribution in [0.5, 0.6) is 0 Å². The summed E-state index contributed by atoms with van der Waals surface area (Å²) in [5.74, 6) is 0. The molecule has 23 heavy (non-hydrogen) atoms. The van der Waals surface area contributed by atoms with Crippen molar-refractivity contribution in [2.45, 2.75) is 13.3 Å². The Morgan fingerprint density at radius 2 is 2.00 bits per heavy atom. The minimum atomic E-state index is 0.850. The highest BCUT2D eigenvalue weighted by molar-refractivity contribution is 5.93. The summed E-state index contributed by atoms with van der Waals surface area (Å²) in [4.78, 5) is 13.3. The van der Waals surface area contributed by atoms with Crippen LogP contribution >= 0.6 is 0 Å². The summed E-state index contributed by atoms with van der Waals surface area (Å²) in [5.41, 5.74) is 5.54. The molecule has 5 nitrogen and oxygen atoms in total. The Labute approximate surface area is 133 Å². The third-order valence-corrected chi connectivity index (χ3v) is 3.82. The molecule has 0 bridgehead atoms. The van der Waals surface area contributed by atoms with Gasteiger partial charge in [0.1, 0.15) is 5.69 Å². The fraction of sp³-hybridized carbons (Fsp3) is 0.111. The molecule has 0 saturated heterocycles. The molecular weight excluding hydrogens is 286 g/mol. The van der Waals surface area contributed by atoms with Gasteiger partial charge in [0.15, 0.2) is 0 Å². The van der Waals surface area contributed by atoms with Crippen LogP contribution < -0.4 is 0 Å². The molecule has 4 rings (SSSR count). The molecule has 0 radical (unpaired) electrons. The van der Waals surface area contributed by atoms with Crippen molar-refractivity contribution < 1.29 is 0 Å². The van der Waals surface area contributed by atoms with Gasteiger partial charge in [0, 0.05) is 29.0 Å². The van der Waals surface area contributed by atoms with Crippen LogP contribution in [0.4, 0.5) is 0 Å². The van der Waals surface area contributed by atoms with Crippen LogP contribution in [0.1, 0.15) is 12.6 Å². The molecule has 4 heterocycles. The zero-order valence-electron chi connectivity index (χ0n) is 12.7. The summed E-state index contributed by atoms with van der Waals surface area (Å²) in [6, 6.07) is 12.0. The first kappa shape index (κ1) is 13.6. The van der Waals surface area contributed by atoms with Crippen molar-refractivity contribution in [2.24, 2.45) is 0 Å². The highest BCUT2D eigenvalue weighted by atomic mass is 15.1. The van der Waals surface area contributed by atoms with E-state index >= 15 is 0 Å². The lowest BCUT2D eigenvalue weighted by molar-refractivity contribution is 1.03. The Kier molecular flexibility index (Phi) is 3.31. The molecule has 0 spiro atoms. The second kappa shape index (κ2) is 5.61. The van der Waals surface area contributed by atoms with Gasteiger partial charge in [0.25, 0.3) is 0 Å². The van der Waals surface area contributed by atoms with Crippen molar-refractivity contribution in [1.29, 1.82) is 0 Å². The second-order valence-corrected chi connectivity index (χ2v) is 5.30. The Balaban J connectivity index is 1.88. The van der Waals surface area contributed by atoms with Gasteiger partial charge in [0.05, 0.1) is 23.1 Å². The van der Waals surface area contributed by atoms with Crippen molar-refractivity contribution in [3.8, 4) is 22.6 Å². The van der Waals surface area contributed by atoms with Crippen molar-refractivity contribution >= 4 is 10.9 Å². The molecule has 0 saturated carbocycles. The number of nitrogens with zero attached hydrogens (tertiary/aromatic N) is 4. The highest BCUT2D eigenvalue weighted by Gasteiger charge is 2.12. The van der Waals surface area contributed by atoms with Gasteiger partial charge < -0.3 is 0 Å². The first-order valence-corrected chi connectivity index (χ1v) is 7.56. The molecule has 0 aliphatic heterocycles. The maximum atomic E-state index is 4.67. The van der Waals surface area contributed by atoms with Crippen LogP contribution in [0.2, 0.25) is 0 Å². The minimum Gasteiger partial charge on any atom is -0.276 e. The number of fused-ring (bicyclic) bond motifs is 1. The lowest BCUT2D eigenvalue weighted by atomic mass is 10.1. The predicted octanol–water partition coefficient (Wildman–Crippen LogP) is 3.64. The molecular formula is C18H15N5. The summed E-state index contributed by atoms with van der Waals surface area (Å²) in [7, 11) is 0. The van der Waals surface area contributed by atoms with Gasteiger partial charge >= 0.3 is 0 Å². The fourth-order valence-electron chi connectivity index (χ4n) is 2.59. The van der Waals surface area contributed by atoms with Crippen molar-refractivity contribution in [3.05, 3.63) is 60.7 Å². The van der Waals surface area contributed by atoms with Crippen LogP contribution in [0, 0.1) is 0 Å². The zero-order chi connectivity index (χ0) is 15.6. The average Bonchev–Trinajstić information content (AvgIpc) is 3.05. The van der Waals surface area contributed by atoms with Crippen LogP contribution in [0.25, 0.3) is 33.5 Å². The van der Waals surface area contributed by atoms with E-state index in [-0.39, 0.29) is 0 Å². The molecule has 5 heteroatoms. The van der Waals surface area contributed by atoms with Crippen LogP contribution in [-0.4, -0.2) is 25.1 Å². The van der Waals surface area contributed by atoms with Gasteiger partial charge in [-0.05, 0) is 36.8 Å². The molecule has 1 N–H and O–H groups in total. The quantitative estimate of drug-likeness (QED) is 0.627. The van der Waals surface area contributed by atoms with Gasteiger partial charge in [-0.1, -0.05) is 13.0 Å². The van der Waals surface area contributed by atoms with E-state index in [0.29, 0.717) is 0 Å². The third-order valence-electron chi connectivity index (χ3n) is 3.82.